The Hall–Kier alpha value is -1.62. The maximum atomic E-state index is 11.6. The number of carbonyl (C=O) groups excluding carboxylic acids is 1. The zero-order valence-corrected chi connectivity index (χ0v) is 10.7. The maximum Gasteiger partial charge on any atom is 0.359 e. The average molecular weight is 251 g/mol. The smallest absolute Gasteiger partial charge is 0.359 e. The number of aliphatic hydroxyl groups is 1. The summed E-state index contributed by atoms with van der Waals surface area (Å²) in [5, 5.41) is 10.1. The van der Waals surface area contributed by atoms with Crippen molar-refractivity contribution < 1.29 is 14.6 Å². The number of esters is 1. The number of ether oxygens (including phenoxy) is 1. The lowest BCUT2D eigenvalue weighted by Crippen LogP contribution is -2.23. The third-order valence-electron chi connectivity index (χ3n) is 2.55. The molecule has 0 fully saturated rings. The second-order valence-electron chi connectivity index (χ2n) is 3.78. The van der Waals surface area contributed by atoms with Crippen LogP contribution >= 0.6 is 11.9 Å². The Kier molecular flexibility index (Phi) is 3.02. The first-order valence-electron chi connectivity index (χ1n) is 5.09. The Morgan fingerprint density at radius 3 is 2.82 bits per heavy atom. The Bertz CT molecular complexity index is 510. The minimum Gasteiger partial charge on any atom is -0.505 e. The zero-order valence-electron chi connectivity index (χ0n) is 9.85. The molecule has 4 nitrogen and oxygen atoms in total. The average Bonchev–Trinajstić information content (AvgIpc) is 2.28. The van der Waals surface area contributed by atoms with Gasteiger partial charge in [0.05, 0.1) is 7.11 Å². The molecule has 1 N–H and O–H groups in total. The van der Waals surface area contributed by atoms with Crippen LogP contribution in [0.15, 0.2) is 28.8 Å². The number of hydrogen-bond donors (Lipinski definition) is 1. The topological polar surface area (TPSA) is 49.8 Å². The number of methoxy groups -OCH3 is 1. The van der Waals surface area contributed by atoms with E-state index in [4.69, 9.17) is 0 Å². The van der Waals surface area contributed by atoms with Crippen LogP contribution in [0.3, 0.4) is 0 Å². The lowest BCUT2D eigenvalue weighted by molar-refractivity contribution is -0.137. The molecule has 0 amide bonds. The van der Waals surface area contributed by atoms with Crippen LogP contribution in [0.5, 0.6) is 0 Å². The molecule has 0 aliphatic carbocycles. The molecule has 1 aliphatic rings. The molecule has 5 heteroatoms. The van der Waals surface area contributed by atoms with E-state index in [-0.39, 0.29) is 11.5 Å². The molecule has 0 atom stereocenters. The number of rotatable bonds is 1. The molecular weight excluding hydrogens is 238 g/mol. The number of nitrogens with zero attached hydrogens (tertiary/aromatic N) is 1. The van der Waals surface area contributed by atoms with E-state index in [2.05, 4.69) is 4.74 Å². The fraction of sp³-hybridized carbons (Fsp3) is 0.250. The van der Waals surface area contributed by atoms with Crippen LogP contribution in [0, 0.1) is 6.92 Å². The molecule has 1 aliphatic heterocycles. The van der Waals surface area contributed by atoms with Gasteiger partial charge in [-0.25, -0.2) is 4.79 Å². The zero-order chi connectivity index (χ0) is 12.6. The molecule has 0 aromatic heterocycles. The van der Waals surface area contributed by atoms with Crippen molar-refractivity contribution in [1.82, 2.24) is 4.31 Å². The standard InChI is InChI=1S/C12H13NO3S/c1-7-4-5-8-9(6-7)17-13(2)10(11(8)14)12(15)16-3/h4-6,14H,1-3H3. The van der Waals surface area contributed by atoms with Gasteiger partial charge in [-0.15, -0.1) is 0 Å². The van der Waals surface area contributed by atoms with Gasteiger partial charge in [0, 0.05) is 17.5 Å². The van der Waals surface area contributed by atoms with Crippen molar-refractivity contribution in [1.29, 1.82) is 0 Å². The van der Waals surface area contributed by atoms with E-state index in [0.29, 0.717) is 5.56 Å². The molecule has 0 radical (unpaired) electrons. The Balaban J connectivity index is 2.57. The van der Waals surface area contributed by atoms with Crippen molar-refractivity contribution in [2.45, 2.75) is 11.8 Å². The Labute approximate surface area is 104 Å². The number of likely N-dealkylation sites (N-methyl/N-ethyl adjacent to an activating group) is 1. The fourth-order valence-corrected chi connectivity index (χ4v) is 2.74. The first kappa shape index (κ1) is 11.9. The van der Waals surface area contributed by atoms with Gasteiger partial charge >= 0.3 is 5.97 Å². The van der Waals surface area contributed by atoms with Crippen molar-refractivity contribution >= 4 is 23.7 Å². The van der Waals surface area contributed by atoms with Crippen LogP contribution in [-0.2, 0) is 9.53 Å². The fourth-order valence-electron chi connectivity index (χ4n) is 1.69. The highest BCUT2D eigenvalue weighted by molar-refractivity contribution is 7.97. The van der Waals surface area contributed by atoms with Crippen molar-refractivity contribution in [3.8, 4) is 0 Å². The summed E-state index contributed by atoms with van der Waals surface area (Å²) in [6.07, 6.45) is 0. The molecule has 90 valence electrons. The minimum atomic E-state index is -0.538. The van der Waals surface area contributed by atoms with Gasteiger partial charge in [-0.3, -0.25) is 0 Å². The van der Waals surface area contributed by atoms with Crippen LogP contribution in [0.4, 0.5) is 0 Å². The summed E-state index contributed by atoms with van der Waals surface area (Å²) in [6, 6.07) is 5.68. The summed E-state index contributed by atoms with van der Waals surface area (Å²) in [6.45, 7) is 1.98. The third kappa shape index (κ3) is 1.98. The summed E-state index contributed by atoms with van der Waals surface area (Å²) >= 11 is 1.40. The van der Waals surface area contributed by atoms with E-state index in [1.54, 1.807) is 11.4 Å². The predicted molar refractivity (Wildman–Crippen MR) is 66.4 cm³/mol. The number of carbonyl (C=O) groups is 1. The van der Waals surface area contributed by atoms with Gasteiger partial charge in [-0.1, -0.05) is 6.07 Å². The van der Waals surface area contributed by atoms with E-state index in [1.807, 2.05) is 25.1 Å². The van der Waals surface area contributed by atoms with Crippen LogP contribution in [0.1, 0.15) is 11.1 Å². The molecule has 0 saturated heterocycles. The first-order chi connectivity index (χ1) is 8.04. The van der Waals surface area contributed by atoms with Crippen molar-refractivity contribution in [3.05, 3.63) is 35.0 Å². The molecule has 0 spiro atoms. The second kappa shape index (κ2) is 4.33. The SMILES string of the molecule is COC(=O)C1=C(O)c2ccc(C)cc2SN1C. The molecule has 1 aromatic rings. The van der Waals surface area contributed by atoms with E-state index in [1.165, 1.54) is 19.1 Å². The number of aryl methyl sites for hydroxylation is 1. The molecule has 0 saturated carbocycles. The molecule has 17 heavy (non-hydrogen) atoms. The van der Waals surface area contributed by atoms with Gasteiger partial charge in [-0.2, -0.15) is 0 Å². The molecule has 2 rings (SSSR count). The highest BCUT2D eigenvalue weighted by Gasteiger charge is 2.28. The van der Waals surface area contributed by atoms with Gasteiger partial charge in [0.15, 0.2) is 11.5 Å². The predicted octanol–water partition coefficient (Wildman–Crippen LogP) is 2.35. The van der Waals surface area contributed by atoms with E-state index >= 15 is 0 Å². The summed E-state index contributed by atoms with van der Waals surface area (Å²) in [7, 11) is 3.02. The summed E-state index contributed by atoms with van der Waals surface area (Å²) in [5.41, 5.74) is 1.95. The molecule has 1 aromatic carbocycles. The quantitative estimate of drug-likeness (QED) is 0.613. The van der Waals surface area contributed by atoms with Crippen LogP contribution in [0.2, 0.25) is 0 Å². The summed E-state index contributed by atoms with van der Waals surface area (Å²) < 4.78 is 6.27. The van der Waals surface area contributed by atoms with Crippen molar-refractivity contribution in [2.75, 3.05) is 14.2 Å². The first-order valence-corrected chi connectivity index (χ1v) is 5.86. The van der Waals surface area contributed by atoms with Gasteiger partial charge < -0.3 is 14.1 Å². The highest BCUT2D eigenvalue weighted by atomic mass is 32.2. The van der Waals surface area contributed by atoms with Gasteiger partial charge in [0.2, 0.25) is 0 Å². The molecule has 1 heterocycles. The summed E-state index contributed by atoms with van der Waals surface area (Å²) in [5.74, 6) is -0.572. The monoisotopic (exact) mass is 251 g/mol. The van der Waals surface area contributed by atoms with Crippen LogP contribution in [0.25, 0.3) is 5.76 Å². The Morgan fingerprint density at radius 1 is 1.47 bits per heavy atom. The van der Waals surface area contributed by atoms with E-state index in [0.717, 1.165) is 10.5 Å². The van der Waals surface area contributed by atoms with E-state index in [9.17, 15) is 9.90 Å². The number of aliphatic hydroxyl groups excluding tert-OH is 1. The normalized spacial score (nSPS) is 14.6. The van der Waals surface area contributed by atoms with Crippen molar-refractivity contribution in [3.63, 3.8) is 0 Å². The molecule has 0 bridgehead atoms. The minimum absolute atomic E-state index is 0.0342. The number of fused-ring (bicyclic) bond motifs is 1. The van der Waals surface area contributed by atoms with E-state index < -0.39 is 5.97 Å². The largest absolute Gasteiger partial charge is 0.505 e. The van der Waals surface area contributed by atoms with Crippen LogP contribution in [-0.4, -0.2) is 29.5 Å². The van der Waals surface area contributed by atoms with Gasteiger partial charge in [0.1, 0.15) is 0 Å². The van der Waals surface area contributed by atoms with Gasteiger partial charge in [0.25, 0.3) is 0 Å². The molecular formula is C12H13NO3S. The number of hydrogen-bond acceptors (Lipinski definition) is 5. The maximum absolute atomic E-state index is 11.6. The highest BCUT2D eigenvalue weighted by Crippen LogP contribution is 2.39. The molecule has 0 unspecified atom stereocenters. The van der Waals surface area contributed by atoms with Crippen molar-refractivity contribution in [2.24, 2.45) is 0 Å². The number of benzene rings is 1. The van der Waals surface area contributed by atoms with Crippen LogP contribution < -0.4 is 0 Å². The second-order valence-corrected chi connectivity index (χ2v) is 4.95. The third-order valence-corrected chi connectivity index (χ3v) is 3.54. The Morgan fingerprint density at radius 2 is 2.18 bits per heavy atom. The lowest BCUT2D eigenvalue weighted by atomic mass is 10.1. The van der Waals surface area contributed by atoms with Gasteiger partial charge in [-0.05, 0) is 36.6 Å². The summed E-state index contributed by atoms with van der Waals surface area (Å²) in [4.78, 5) is 12.5. The lowest BCUT2D eigenvalue weighted by Gasteiger charge is -2.26.